The number of hydrogen-bond acceptors (Lipinski definition) is 13. The van der Waals surface area contributed by atoms with Gasteiger partial charge in [-0.2, -0.15) is 0 Å². The van der Waals surface area contributed by atoms with Gasteiger partial charge in [0.25, 0.3) is 23.2 Å². The number of rotatable bonds is 14. The second-order valence-corrected chi connectivity index (χ2v) is 13.6. The number of likely N-dealkylation sites (tertiary alicyclic amines) is 2. The molecule has 2 aliphatic rings. The van der Waals surface area contributed by atoms with Crippen LogP contribution in [0.15, 0.2) is 109 Å². The van der Waals surface area contributed by atoms with Gasteiger partial charge in [0, 0.05) is 31.6 Å². The van der Waals surface area contributed by atoms with Crippen molar-refractivity contribution in [2.75, 3.05) is 34.4 Å². The van der Waals surface area contributed by atoms with Gasteiger partial charge in [-0.3, -0.25) is 29.8 Å². The normalized spacial score (nSPS) is 15.7. The maximum absolute atomic E-state index is 13.2. The number of aldehydes is 1. The van der Waals surface area contributed by atoms with Gasteiger partial charge >= 0.3 is 5.97 Å². The third kappa shape index (κ3) is 10.1. The third-order valence-corrected chi connectivity index (χ3v) is 9.59. The molecule has 0 unspecified atom stereocenters. The van der Waals surface area contributed by atoms with E-state index in [-0.39, 0.29) is 66.8 Å². The molecule has 6 rings (SSSR count). The average molecular weight is 823 g/mol. The highest BCUT2D eigenvalue weighted by Crippen LogP contribution is 2.39. The van der Waals surface area contributed by atoms with Crippen LogP contribution >= 0.6 is 0 Å². The van der Waals surface area contributed by atoms with Gasteiger partial charge in [-0.05, 0) is 17.5 Å². The molecule has 0 radical (unpaired) electrons. The molecule has 60 heavy (non-hydrogen) atoms. The van der Waals surface area contributed by atoms with Crippen LogP contribution in [0.1, 0.15) is 44.7 Å². The summed E-state index contributed by atoms with van der Waals surface area (Å²) in [4.78, 5) is 74.1. The number of nitro benzene ring substituents is 2. The lowest BCUT2D eigenvalue weighted by atomic mass is 10.1. The second-order valence-electron chi connectivity index (χ2n) is 13.6. The number of hydrogen-bond donors (Lipinski definition) is 0. The summed E-state index contributed by atoms with van der Waals surface area (Å²) in [7, 11) is 3.98. The van der Waals surface area contributed by atoms with Crippen molar-refractivity contribution in [2.24, 2.45) is 0 Å². The van der Waals surface area contributed by atoms with Crippen molar-refractivity contribution in [3.63, 3.8) is 0 Å². The summed E-state index contributed by atoms with van der Waals surface area (Å²) in [6, 6.07) is 21.9. The van der Waals surface area contributed by atoms with E-state index in [2.05, 4.69) is 13.2 Å². The summed E-state index contributed by atoms with van der Waals surface area (Å²) in [6.07, 6.45) is 1.23. The van der Waals surface area contributed by atoms with Crippen LogP contribution < -0.4 is 18.9 Å². The van der Waals surface area contributed by atoms with E-state index in [0.717, 1.165) is 17.2 Å². The number of nitro groups is 2. The Bertz CT molecular complexity index is 2300. The van der Waals surface area contributed by atoms with Gasteiger partial charge in [0.2, 0.25) is 0 Å². The molecule has 0 bridgehead atoms. The summed E-state index contributed by atoms with van der Waals surface area (Å²) < 4.78 is 26.8. The zero-order valence-corrected chi connectivity index (χ0v) is 33.1. The quantitative estimate of drug-likeness (QED) is 0.0452. The van der Waals surface area contributed by atoms with E-state index in [1.165, 1.54) is 49.3 Å². The number of amides is 2. The SMILES string of the molecule is C=C1C[C@@H](C(=O)OC)N(C(=O)c2cc(OC)c(OCc3ccccc3)cc2[N+](=O)[O-])C1.C=C1C[C@@H](C=O)N(C(=O)c2cc(OC)c(OCc3ccccc3)cc2[N+](=O)[O-])C1. The first-order chi connectivity index (χ1) is 28.8. The Morgan fingerprint density at radius 2 is 1.12 bits per heavy atom. The average Bonchev–Trinajstić information content (AvgIpc) is 3.86. The summed E-state index contributed by atoms with van der Waals surface area (Å²) >= 11 is 0. The molecule has 4 aromatic carbocycles. The maximum Gasteiger partial charge on any atom is 0.328 e. The van der Waals surface area contributed by atoms with Gasteiger partial charge in [0.1, 0.15) is 36.7 Å². The first-order valence-electron chi connectivity index (χ1n) is 18.3. The topological polar surface area (TPSA) is 207 Å². The first kappa shape index (κ1) is 43.6. The van der Waals surface area contributed by atoms with Crippen molar-refractivity contribution in [3.05, 3.63) is 152 Å². The summed E-state index contributed by atoms with van der Waals surface area (Å²) in [5.74, 6) is -1.28. The van der Waals surface area contributed by atoms with Crippen molar-refractivity contribution in [1.82, 2.24) is 9.80 Å². The van der Waals surface area contributed by atoms with Gasteiger partial charge in [0.05, 0.1) is 49.4 Å². The number of benzene rings is 4. The van der Waals surface area contributed by atoms with Crippen molar-refractivity contribution in [1.29, 1.82) is 0 Å². The highest BCUT2D eigenvalue weighted by molar-refractivity contribution is 6.02. The Balaban J connectivity index is 0.000000228. The van der Waals surface area contributed by atoms with E-state index < -0.39 is 51.1 Å². The molecule has 2 fully saturated rings. The predicted molar refractivity (Wildman–Crippen MR) is 216 cm³/mol. The van der Waals surface area contributed by atoms with E-state index >= 15 is 0 Å². The van der Waals surface area contributed by atoms with Crippen LogP contribution in [0.5, 0.6) is 23.0 Å². The highest BCUT2D eigenvalue weighted by atomic mass is 16.6. The number of methoxy groups -OCH3 is 3. The molecular weight excluding hydrogens is 780 g/mol. The molecule has 2 atom stereocenters. The minimum atomic E-state index is -0.885. The molecule has 312 valence electrons. The molecule has 0 N–H and O–H groups in total. The molecular formula is C43H42N4O13. The van der Waals surface area contributed by atoms with Crippen molar-refractivity contribution < 1.29 is 52.7 Å². The molecule has 0 spiro atoms. The lowest BCUT2D eigenvalue weighted by Crippen LogP contribution is -2.41. The van der Waals surface area contributed by atoms with Gasteiger partial charge in [-0.1, -0.05) is 85.0 Å². The lowest BCUT2D eigenvalue weighted by molar-refractivity contribution is -0.385. The molecule has 2 amide bonds. The standard InChI is InChI=1S/C22H22N2O7.C21H20N2O6/c1-14-9-18(22(26)30-3)23(12-14)21(25)16-10-19(29-2)20(11-17(16)24(27)28)31-13-15-7-5-4-6-8-15;1-14-8-16(12-24)22(11-14)21(25)17-9-19(28-2)20(10-18(17)23(26)27)29-13-15-6-4-3-5-7-15/h4-8,10-11,18H,1,9,12-13H2,2-3H3;3-7,9-10,12,16H,1,8,11,13H2,2H3/t18-;16-/m00/s1. The number of carbonyl (C=O) groups is 4. The molecule has 17 heteroatoms. The number of nitrogens with zero attached hydrogens (tertiary/aromatic N) is 4. The highest BCUT2D eigenvalue weighted by Gasteiger charge is 2.40. The minimum absolute atomic E-state index is 0.102. The Hall–Kier alpha value is -7.56. The molecule has 0 saturated carbocycles. The van der Waals surface area contributed by atoms with Crippen LogP contribution in [0.25, 0.3) is 0 Å². The Kier molecular flexibility index (Phi) is 14.3. The van der Waals surface area contributed by atoms with Crippen LogP contribution in [-0.2, 0) is 27.5 Å². The largest absolute Gasteiger partial charge is 0.493 e. The number of esters is 1. The molecule has 17 nitrogen and oxygen atoms in total. The van der Waals surface area contributed by atoms with Crippen LogP contribution in [-0.4, -0.2) is 90.2 Å². The van der Waals surface area contributed by atoms with Crippen LogP contribution in [0.4, 0.5) is 11.4 Å². The van der Waals surface area contributed by atoms with Crippen molar-refractivity contribution in [3.8, 4) is 23.0 Å². The fourth-order valence-corrected chi connectivity index (χ4v) is 6.60. The Morgan fingerprint density at radius 1 is 0.683 bits per heavy atom. The maximum atomic E-state index is 13.2. The molecule has 0 aromatic heterocycles. The third-order valence-electron chi connectivity index (χ3n) is 9.59. The van der Waals surface area contributed by atoms with Crippen LogP contribution in [0.3, 0.4) is 0 Å². The smallest absolute Gasteiger partial charge is 0.328 e. The van der Waals surface area contributed by atoms with Gasteiger partial charge in [-0.15, -0.1) is 0 Å². The van der Waals surface area contributed by atoms with Crippen molar-refractivity contribution >= 4 is 35.4 Å². The fraction of sp³-hybridized carbons (Fsp3) is 0.256. The number of ether oxygens (including phenoxy) is 5. The monoisotopic (exact) mass is 822 g/mol. The molecule has 4 aromatic rings. The van der Waals surface area contributed by atoms with E-state index in [4.69, 9.17) is 23.7 Å². The number of carbonyl (C=O) groups excluding carboxylic acids is 4. The molecule has 2 saturated heterocycles. The molecule has 2 heterocycles. The summed E-state index contributed by atoms with van der Waals surface area (Å²) in [5, 5.41) is 23.4. The van der Waals surface area contributed by atoms with Gasteiger partial charge in [-0.25, -0.2) is 4.79 Å². The van der Waals surface area contributed by atoms with E-state index in [1.807, 2.05) is 60.7 Å². The van der Waals surface area contributed by atoms with Crippen LogP contribution in [0, 0.1) is 20.2 Å². The lowest BCUT2D eigenvalue weighted by Gasteiger charge is -2.22. The molecule has 0 aliphatic carbocycles. The van der Waals surface area contributed by atoms with Crippen LogP contribution in [0.2, 0.25) is 0 Å². The van der Waals surface area contributed by atoms with E-state index in [1.54, 1.807) is 0 Å². The minimum Gasteiger partial charge on any atom is -0.493 e. The zero-order chi connectivity index (χ0) is 43.5. The Morgan fingerprint density at radius 3 is 1.53 bits per heavy atom. The second kappa shape index (κ2) is 19.7. The van der Waals surface area contributed by atoms with Gasteiger partial charge in [0.15, 0.2) is 23.0 Å². The fourth-order valence-electron chi connectivity index (χ4n) is 6.60. The molecule has 2 aliphatic heterocycles. The van der Waals surface area contributed by atoms with E-state index in [9.17, 15) is 39.4 Å². The van der Waals surface area contributed by atoms with Crippen molar-refractivity contribution in [2.45, 2.75) is 38.1 Å². The first-order valence-corrected chi connectivity index (χ1v) is 18.3. The summed E-state index contributed by atoms with van der Waals surface area (Å²) in [5.41, 5.74) is 1.87. The predicted octanol–water partition coefficient (Wildman–Crippen LogP) is 6.28. The Labute approximate surface area is 344 Å². The zero-order valence-electron chi connectivity index (χ0n) is 33.1. The van der Waals surface area contributed by atoms with E-state index in [0.29, 0.717) is 23.9 Å². The summed E-state index contributed by atoms with van der Waals surface area (Å²) in [6.45, 7) is 8.25. The van der Waals surface area contributed by atoms with Gasteiger partial charge < -0.3 is 38.3 Å².